The molecule has 0 radical (unpaired) electrons. The maximum absolute atomic E-state index is 11.5. The quantitative estimate of drug-likeness (QED) is 0.623. The van der Waals surface area contributed by atoms with Crippen LogP contribution in [0.2, 0.25) is 0 Å². The van der Waals surface area contributed by atoms with Crippen molar-refractivity contribution >= 4 is 24.7 Å². The molecule has 0 bridgehead atoms. The molecule has 0 saturated heterocycles. The van der Waals surface area contributed by atoms with E-state index in [1.807, 2.05) is 18.2 Å². The highest BCUT2D eigenvalue weighted by molar-refractivity contribution is 7.78. The molecule has 0 heterocycles. The molecule has 1 fully saturated rings. The summed E-state index contributed by atoms with van der Waals surface area (Å²) in [6, 6.07) is 5.56. The van der Waals surface area contributed by atoms with Gasteiger partial charge in [0.2, 0.25) is 0 Å². The van der Waals surface area contributed by atoms with Crippen LogP contribution in [-0.2, 0) is 20.7 Å². The first-order valence-electron chi connectivity index (χ1n) is 6.86. The molecule has 1 saturated carbocycles. The third kappa shape index (κ3) is 3.91. The highest BCUT2D eigenvalue weighted by atomic mass is 32.1. The predicted molar refractivity (Wildman–Crippen MR) is 81.4 cm³/mol. The van der Waals surface area contributed by atoms with Crippen LogP contribution in [0.3, 0.4) is 0 Å². The Labute approximate surface area is 129 Å². The smallest absolute Gasteiger partial charge is 0.309 e. The van der Waals surface area contributed by atoms with Gasteiger partial charge < -0.3 is 9.47 Å². The molecule has 1 N–H and O–H groups in total. The Balaban J connectivity index is 2.26. The first kappa shape index (κ1) is 15.7. The van der Waals surface area contributed by atoms with Crippen LogP contribution in [-0.4, -0.2) is 25.1 Å². The number of esters is 1. The molecule has 114 valence electrons. The van der Waals surface area contributed by atoms with E-state index in [0.717, 1.165) is 24.0 Å². The standard InChI is InChI=1S/C15H19NO4S/c1-9(15(18)16-21)20-12-5-3-4-11(8-13(17)19-2)14(12)10-6-7-10/h3-5,9-10,21H,6-8H2,1-2H3,(H,16,18). The molecule has 1 aromatic rings. The lowest BCUT2D eigenvalue weighted by Crippen LogP contribution is -2.31. The maximum Gasteiger partial charge on any atom is 0.309 e. The summed E-state index contributed by atoms with van der Waals surface area (Å²) in [7, 11) is 1.37. The van der Waals surface area contributed by atoms with E-state index in [1.165, 1.54) is 7.11 Å². The van der Waals surface area contributed by atoms with Gasteiger partial charge in [0, 0.05) is 5.56 Å². The van der Waals surface area contributed by atoms with E-state index in [0.29, 0.717) is 11.7 Å². The summed E-state index contributed by atoms with van der Waals surface area (Å²) in [6.07, 6.45) is 1.71. The van der Waals surface area contributed by atoms with Gasteiger partial charge in [-0.15, -0.1) is 0 Å². The van der Waals surface area contributed by atoms with Crippen LogP contribution in [0.1, 0.15) is 36.8 Å². The fraction of sp³-hybridized carbons (Fsp3) is 0.467. The van der Waals surface area contributed by atoms with E-state index in [9.17, 15) is 9.59 Å². The number of methoxy groups -OCH3 is 1. The van der Waals surface area contributed by atoms with Crippen molar-refractivity contribution in [3.63, 3.8) is 0 Å². The second-order valence-electron chi connectivity index (χ2n) is 5.09. The van der Waals surface area contributed by atoms with Crippen molar-refractivity contribution in [1.29, 1.82) is 0 Å². The van der Waals surface area contributed by atoms with Gasteiger partial charge in [-0.1, -0.05) is 24.9 Å². The third-order valence-corrected chi connectivity index (χ3v) is 3.71. The van der Waals surface area contributed by atoms with Crippen LogP contribution in [0.5, 0.6) is 5.75 Å². The van der Waals surface area contributed by atoms with Crippen molar-refractivity contribution in [1.82, 2.24) is 4.72 Å². The minimum atomic E-state index is -0.645. The van der Waals surface area contributed by atoms with E-state index in [1.54, 1.807) is 6.92 Å². The monoisotopic (exact) mass is 309 g/mol. The van der Waals surface area contributed by atoms with E-state index >= 15 is 0 Å². The normalized spacial score (nSPS) is 15.2. The van der Waals surface area contributed by atoms with E-state index in [2.05, 4.69) is 17.5 Å². The second kappa shape index (κ2) is 6.85. The number of rotatable bonds is 6. The first-order chi connectivity index (χ1) is 10.1. The van der Waals surface area contributed by atoms with Crippen LogP contribution in [0.25, 0.3) is 0 Å². The number of amides is 1. The van der Waals surface area contributed by atoms with Crippen molar-refractivity contribution < 1.29 is 19.1 Å². The Kier molecular flexibility index (Phi) is 5.12. The van der Waals surface area contributed by atoms with E-state index in [4.69, 9.17) is 9.47 Å². The molecule has 21 heavy (non-hydrogen) atoms. The van der Waals surface area contributed by atoms with Gasteiger partial charge in [-0.3, -0.25) is 14.3 Å². The molecule has 0 spiro atoms. The summed E-state index contributed by atoms with van der Waals surface area (Å²) in [5.41, 5.74) is 1.92. The van der Waals surface area contributed by atoms with Crippen molar-refractivity contribution in [2.24, 2.45) is 0 Å². The van der Waals surface area contributed by atoms with Crippen LogP contribution >= 0.6 is 12.8 Å². The van der Waals surface area contributed by atoms with Gasteiger partial charge >= 0.3 is 5.97 Å². The molecule has 2 rings (SSSR count). The van der Waals surface area contributed by atoms with Gasteiger partial charge in [0.05, 0.1) is 13.5 Å². The molecule has 6 heteroatoms. The first-order valence-corrected chi connectivity index (χ1v) is 7.30. The summed E-state index contributed by atoms with van der Waals surface area (Å²) in [5.74, 6) is 0.462. The van der Waals surface area contributed by atoms with Crippen LogP contribution < -0.4 is 9.46 Å². The van der Waals surface area contributed by atoms with E-state index < -0.39 is 6.10 Å². The lowest BCUT2D eigenvalue weighted by Gasteiger charge is -2.18. The Morgan fingerprint density at radius 1 is 1.43 bits per heavy atom. The number of carbonyl (C=O) groups is 2. The molecule has 0 aromatic heterocycles. The fourth-order valence-corrected chi connectivity index (χ4v) is 2.43. The summed E-state index contributed by atoms with van der Waals surface area (Å²) < 4.78 is 12.7. The lowest BCUT2D eigenvalue weighted by molar-refractivity contribution is -0.139. The maximum atomic E-state index is 11.5. The molecule has 1 amide bonds. The van der Waals surface area contributed by atoms with Gasteiger partial charge in [-0.05, 0) is 37.3 Å². The van der Waals surface area contributed by atoms with Crippen molar-refractivity contribution in [2.75, 3.05) is 7.11 Å². The summed E-state index contributed by atoms with van der Waals surface area (Å²) in [5, 5.41) is 0. The van der Waals surface area contributed by atoms with Crippen LogP contribution in [0.4, 0.5) is 0 Å². The topological polar surface area (TPSA) is 64.6 Å². The average Bonchev–Trinajstić information content (AvgIpc) is 3.30. The van der Waals surface area contributed by atoms with Crippen LogP contribution in [0, 0.1) is 0 Å². The summed E-state index contributed by atoms with van der Waals surface area (Å²) >= 11 is 3.74. The Hall–Kier alpha value is -1.69. The molecular weight excluding hydrogens is 290 g/mol. The van der Waals surface area contributed by atoms with Gasteiger partial charge in [-0.2, -0.15) is 0 Å². The van der Waals surface area contributed by atoms with Crippen LogP contribution in [0.15, 0.2) is 18.2 Å². The Morgan fingerprint density at radius 3 is 2.71 bits per heavy atom. The number of hydrogen-bond donors (Lipinski definition) is 2. The van der Waals surface area contributed by atoms with Gasteiger partial charge in [0.25, 0.3) is 5.91 Å². The molecule has 1 unspecified atom stereocenters. The molecule has 5 nitrogen and oxygen atoms in total. The zero-order valence-electron chi connectivity index (χ0n) is 12.1. The van der Waals surface area contributed by atoms with Crippen molar-refractivity contribution in [3.8, 4) is 5.75 Å². The number of nitrogens with one attached hydrogen (secondary N) is 1. The Morgan fingerprint density at radius 2 is 2.14 bits per heavy atom. The number of carbonyl (C=O) groups excluding carboxylic acids is 2. The van der Waals surface area contributed by atoms with Gasteiger partial charge in [0.15, 0.2) is 6.10 Å². The molecule has 1 aromatic carbocycles. The van der Waals surface area contributed by atoms with Crippen molar-refractivity contribution in [3.05, 3.63) is 29.3 Å². The SMILES string of the molecule is COC(=O)Cc1cccc(OC(C)C(=O)NS)c1C1CC1. The van der Waals surface area contributed by atoms with Crippen molar-refractivity contribution in [2.45, 2.75) is 38.2 Å². The molecule has 1 aliphatic carbocycles. The van der Waals surface area contributed by atoms with Gasteiger partial charge in [-0.25, -0.2) is 0 Å². The predicted octanol–water partition coefficient (Wildman–Crippen LogP) is 2.01. The highest BCUT2D eigenvalue weighted by Crippen LogP contribution is 2.46. The number of thiol groups is 1. The number of ether oxygens (including phenoxy) is 2. The minimum absolute atomic E-state index is 0.215. The molecule has 0 aliphatic heterocycles. The molecular formula is C15H19NO4S. The zero-order chi connectivity index (χ0) is 15.4. The summed E-state index contributed by atoms with van der Waals surface area (Å²) in [4.78, 5) is 23.1. The Bertz CT molecular complexity index is 542. The zero-order valence-corrected chi connectivity index (χ0v) is 13.0. The van der Waals surface area contributed by atoms with Gasteiger partial charge in [0.1, 0.15) is 5.75 Å². The fourth-order valence-electron chi connectivity index (χ4n) is 2.24. The highest BCUT2D eigenvalue weighted by Gasteiger charge is 2.31. The average molecular weight is 309 g/mol. The van der Waals surface area contributed by atoms with E-state index in [-0.39, 0.29) is 18.3 Å². The molecule has 1 atom stereocenters. The second-order valence-corrected chi connectivity index (χ2v) is 5.32. The lowest BCUT2D eigenvalue weighted by atomic mass is 9.99. The third-order valence-electron chi connectivity index (χ3n) is 3.49. The molecule has 1 aliphatic rings. The summed E-state index contributed by atoms with van der Waals surface area (Å²) in [6.45, 7) is 1.66. The number of benzene rings is 1. The minimum Gasteiger partial charge on any atom is -0.481 e. The number of hydrogen-bond acceptors (Lipinski definition) is 5. The largest absolute Gasteiger partial charge is 0.481 e.